The van der Waals surface area contributed by atoms with Crippen molar-refractivity contribution in [2.45, 2.75) is 0 Å². The fourth-order valence-electron chi connectivity index (χ4n) is 8.78. The number of rotatable bonds is 6. The summed E-state index contributed by atoms with van der Waals surface area (Å²) in [6.45, 7) is 0. The van der Waals surface area contributed by atoms with Crippen LogP contribution in [0.3, 0.4) is 0 Å². The van der Waals surface area contributed by atoms with Crippen LogP contribution in [0.5, 0.6) is 0 Å². The van der Waals surface area contributed by atoms with Crippen molar-refractivity contribution in [1.82, 2.24) is 0 Å². The molecule has 11 aromatic carbocycles. The zero-order valence-electron chi connectivity index (χ0n) is 40.7. The second kappa shape index (κ2) is 25.7. The molecule has 11 aromatic rings. The molecule has 8 nitrogen and oxygen atoms in total. The Kier molecular flexibility index (Phi) is 18.8. The van der Waals surface area contributed by atoms with Gasteiger partial charge in [-0.15, -0.1) is 0 Å². The van der Waals surface area contributed by atoms with E-state index in [9.17, 15) is 9.59 Å². The van der Waals surface area contributed by atoms with Gasteiger partial charge >= 0.3 is 30.9 Å². The normalized spacial score (nSPS) is 11.5. The van der Waals surface area contributed by atoms with Crippen LogP contribution < -0.4 is 49.9 Å². The minimum absolute atomic E-state index is 0. The van der Waals surface area contributed by atoms with Gasteiger partial charge in [0.05, 0.1) is 34.1 Å². The fourth-order valence-corrected chi connectivity index (χ4v) is 9.19. The van der Waals surface area contributed by atoms with E-state index in [4.69, 9.17) is 0 Å². The quantitative estimate of drug-likeness (QED) is 0.0759. The van der Waals surface area contributed by atoms with E-state index in [2.05, 4.69) is 129 Å². The molecule has 2 aliphatic rings. The molecule has 0 unspecified atom stereocenters. The number of hydrogen-bond acceptors (Lipinski definition) is 4. The molecule has 0 aromatic heterocycles. The third kappa shape index (κ3) is 12.3. The maximum atomic E-state index is 13.6. The molecule has 13 rings (SSSR count). The SMILES string of the molecule is Ic1ccccc1.O=C1N(c2ccccc2)c2cccc3cccc(c23)N1c1ccccc1.O=C1Nc2cccc3cccc(c23)N1.[CH3-].[Cu].[Li+].c1ccc(Nc2cccc3cccc(Nc4ccccc4)c23)cc1. The van der Waals surface area contributed by atoms with Gasteiger partial charge in [-0.05, 0) is 136 Å². The Hall–Kier alpha value is -7.81. The molecule has 74 heavy (non-hydrogen) atoms. The zero-order chi connectivity index (χ0) is 48.4. The largest absolute Gasteiger partial charge is 1.00 e. The Morgan fingerprint density at radius 1 is 0.365 bits per heavy atom. The van der Waals surface area contributed by atoms with Gasteiger partial charge in [-0.2, -0.15) is 0 Å². The summed E-state index contributed by atoms with van der Waals surface area (Å²) in [5, 5.41) is 19.4. The standard InChI is InChI=1S/C23H16N2O.C22H18N2.C11H8N2O.C6H5I.CH3.Cu.Li/c26-23-24(18-11-3-1-4-12-18)20-15-7-9-17-10-8-16-21(22(17)20)25(23)19-13-5-2-6-14-19;1-3-11-18(12-4-1)23-20-15-7-9-17-10-8-16-21(22(17)20)24-19-13-5-2-6-14-19;14-11-12-8-5-1-3-7-4-2-6-9(13-11)10(7)8;7-6-4-2-1-3-5-6;;;/h1-16H;1-16,23-24H;1-6H,(H2,12,13,14);1-5H;1H3;;/q;;;;-1;;+1. The molecule has 0 fully saturated rings. The molecule has 4 amide bonds. The Bertz CT molecular complexity index is 3410. The second-order valence-electron chi connectivity index (χ2n) is 16.6. The van der Waals surface area contributed by atoms with Crippen LogP contribution in [-0.2, 0) is 17.1 Å². The molecule has 363 valence electrons. The molecule has 0 saturated carbocycles. The summed E-state index contributed by atoms with van der Waals surface area (Å²) in [6, 6.07) is 86.7. The van der Waals surface area contributed by atoms with Crippen molar-refractivity contribution >= 4 is 124 Å². The smallest absolute Gasteiger partial charge is 0.358 e. The summed E-state index contributed by atoms with van der Waals surface area (Å²) in [5.74, 6) is 0. The number of fused-ring (bicyclic) bond motifs is 1. The van der Waals surface area contributed by atoms with Crippen molar-refractivity contribution in [3.05, 3.63) is 272 Å². The van der Waals surface area contributed by atoms with E-state index < -0.39 is 0 Å². The van der Waals surface area contributed by atoms with Crippen LogP contribution in [0.1, 0.15) is 0 Å². The summed E-state index contributed by atoms with van der Waals surface area (Å²) in [5.41, 5.74) is 9.67. The molecular weight excluding hydrogens is 1070 g/mol. The summed E-state index contributed by atoms with van der Waals surface area (Å²) >= 11 is 2.28. The molecule has 1 radical (unpaired) electrons. The molecule has 0 saturated heterocycles. The number of hydrogen-bond donors (Lipinski definition) is 4. The van der Waals surface area contributed by atoms with Gasteiger partial charge in [-0.1, -0.05) is 164 Å². The molecular formula is C63H50CuILiN6O2. The monoisotopic (exact) mass is 1120 g/mol. The van der Waals surface area contributed by atoms with Crippen LogP contribution in [0.15, 0.2) is 261 Å². The van der Waals surface area contributed by atoms with Gasteiger partial charge in [0.15, 0.2) is 0 Å². The second-order valence-corrected chi connectivity index (χ2v) is 17.8. The van der Waals surface area contributed by atoms with E-state index in [0.717, 1.165) is 78.4 Å². The Morgan fingerprint density at radius 3 is 1.09 bits per heavy atom. The minimum Gasteiger partial charge on any atom is -0.358 e. The van der Waals surface area contributed by atoms with Crippen LogP contribution in [0.25, 0.3) is 32.3 Å². The zero-order valence-corrected chi connectivity index (χ0v) is 43.8. The topological polar surface area (TPSA) is 88.7 Å². The van der Waals surface area contributed by atoms with Crippen molar-refractivity contribution in [2.24, 2.45) is 0 Å². The Labute approximate surface area is 468 Å². The van der Waals surface area contributed by atoms with Crippen LogP contribution in [0.2, 0.25) is 0 Å². The van der Waals surface area contributed by atoms with Gasteiger partial charge in [-0.25, -0.2) is 9.59 Å². The Balaban J connectivity index is 0.000000154. The van der Waals surface area contributed by atoms with Gasteiger partial charge in [0.25, 0.3) is 0 Å². The average Bonchev–Trinajstić information content (AvgIpc) is 3.41. The third-order valence-electron chi connectivity index (χ3n) is 11.9. The number of anilines is 10. The predicted octanol–water partition coefficient (Wildman–Crippen LogP) is 15.1. The van der Waals surface area contributed by atoms with Gasteiger partial charge in [-0.3, -0.25) is 9.80 Å². The molecule has 4 N–H and O–H groups in total. The number of nitrogens with zero attached hydrogens (tertiary/aromatic N) is 2. The number of carbonyl (C=O) groups is 2. The maximum absolute atomic E-state index is 13.6. The van der Waals surface area contributed by atoms with Crippen molar-refractivity contribution < 1.29 is 45.5 Å². The van der Waals surface area contributed by atoms with Crippen molar-refractivity contribution in [3.63, 3.8) is 0 Å². The molecule has 0 spiro atoms. The number of benzene rings is 11. The van der Waals surface area contributed by atoms with Gasteiger partial charge in [0.2, 0.25) is 0 Å². The van der Waals surface area contributed by atoms with E-state index in [0.29, 0.717) is 0 Å². The van der Waals surface area contributed by atoms with Crippen molar-refractivity contribution in [1.29, 1.82) is 0 Å². The van der Waals surface area contributed by atoms with E-state index in [1.54, 1.807) is 9.80 Å². The summed E-state index contributed by atoms with van der Waals surface area (Å²) in [7, 11) is 0. The fraction of sp³-hybridized carbons (Fsp3) is 0. The van der Waals surface area contributed by atoms with Crippen LogP contribution >= 0.6 is 22.6 Å². The van der Waals surface area contributed by atoms with Crippen molar-refractivity contribution in [3.8, 4) is 0 Å². The number of amides is 4. The van der Waals surface area contributed by atoms with Crippen LogP contribution in [0.4, 0.5) is 66.5 Å². The molecule has 0 bridgehead atoms. The van der Waals surface area contributed by atoms with E-state index in [1.807, 2.05) is 176 Å². The summed E-state index contributed by atoms with van der Waals surface area (Å²) in [4.78, 5) is 28.4. The summed E-state index contributed by atoms with van der Waals surface area (Å²) in [6.07, 6.45) is 0. The first-order valence-corrected chi connectivity index (χ1v) is 24.3. The van der Waals surface area contributed by atoms with Crippen molar-refractivity contribution in [2.75, 3.05) is 31.1 Å². The molecule has 11 heteroatoms. The predicted molar refractivity (Wildman–Crippen MR) is 312 cm³/mol. The number of urea groups is 2. The molecule has 2 heterocycles. The van der Waals surface area contributed by atoms with E-state index >= 15 is 0 Å². The third-order valence-corrected chi connectivity index (χ3v) is 12.6. The average molecular weight is 1120 g/mol. The van der Waals surface area contributed by atoms with E-state index in [-0.39, 0.29) is 55.4 Å². The number of nitrogens with one attached hydrogen (secondary N) is 4. The first-order valence-electron chi connectivity index (χ1n) is 23.2. The molecule has 2 aliphatic heterocycles. The van der Waals surface area contributed by atoms with Crippen LogP contribution in [-0.4, -0.2) is 12.1 Å². The molecule has 0 aliphatic carbocycles. The van der Waals surface area contributed by atoms with Gasteiger partial charge in [0, 0.05) is 59.5 Å². The van der Waals surface area contributed by atoms with Gasteiger partial charge in [0.1, 0.15) is 0 Å². The number of para-hydroxylation sites is 4. The number of carbonyl (C=O) groups excluding carboxylic acids is 2. The van der Waals surface area contributed by atoms with Gasteiger partial charge < -0.3 is 28.7 Å². The molecule has 0 atom stereocenters. The minimum atomic E-state index is -0.170. The maximum Gasteiger partial charge on any atom is 1.00 e. The Morgan fingerprint density at radius 2 is 0.703 bits per heavy atom. The number of halogens is 1. The van der Waals surface area contributed by atoms with Crippen LogP contribution in [0, 0.1) is 11.0 Å². The first-order chi connectivity index (χ1) is 35.0. The van der Waals surface area contributed by atoms with E-state index in [1.165, 1.54) is 14.3 Å². The summed E-state index contributed by atoms with van der Waals surface area (Å²) < 4.78 is 1.29. The first kappa shape index (κ1) is 54.0.